The van der Waals surface area contributed by atoms with Crippen molar-refractivity contribution in [2.45, 2.75) is 45.7 Å². The van der Waals surface area contributed by atoms with Crippen LogP contribution in [0.25, 0.3) is 0 Å². The first-order chi connectivity index (χ1) is 9.49. The first-order valence-corrected chi connectivity index (χ1v) is 7.11. The minimum atomic E-state index is -0.427. The van der Waals surface area contributed by atoms with Gasteiger partial charge >= 0.3 is 0 Å². The van der Waals surface area contributed by atoms with Crippen LogP contribution in [0.15, 0.2) is 22.8 Å². The van der Waals surface area contributed by atoms with E-state index in [0.29, 0.717) is 19.4 Å². The Kier molecular flexibility index (Phi) is 4.47. The van der Waals surface area contributed by atoms with Gasteiger partial charge in [-0.15, -0.1) is 0 Å². The normalized spacial score (nSPS) is 21.8. The van der Waals surface area contributed by atoms with E-state index in [1.807, 2.05) is 32.9 Å². The van der Waals surface area contributed by atoms with Crippen molar-refractivity contribution in [2.75, 3.05) is 6.54 Å². The van der Waals surface area contributed by atoms with Gasteiger partial charge < -0.3 is 14.6 Å². The zero-order valence-corrected chi connectivity index (χ0v) is 12.3. The van der Waals surface area contributed by atoms with Gasteiger partial charge in [-0.25, -0.2) is 0 Å². The number of furan rings is 1. The van der Waals surface area contributed by atoms with Gasteiger partial charge in [0.2, 0.25) is 11.8 Å². The highest BCUT2D eigenvalue weighted by molar-refractivity contribution is 5.90. The number of nitrogens with zero attached hydrogens (tertiary/aromatic N) is 1. The molecule has 1 saturated heterocycles. The highest BCUT2D eigenvalue weighted by atomic mass is 16.3. The SMILES string of the molecule is CC(C)C1NC(=O)CCN(C(C)Cc2ccco2)C1=O. The number of nitrogens with one attached hydrogen (secondary N) is 1. The lowest BCUT2D eigenvalue weighted by molar-refractivity contribution is -0.136. The Labute approximate surface area is 119 Å². The molecule has 5 nitrogen and oxygen atoms in total. The Hall–Kier alpha value is -1.78. The third kappa shape index (κ3) is 3.21. The van der Waals surface area contributed by atoms with Crippen molar-refractivity contribution in [1.29, 1.82) is 0 Å². The topological polar surface area (TPSA) is 62.6 Å². The van der Waals surface area contributed by atoms with E-state index in [4.69, 9.17) is 4.42 Å². The Morgan fingerprint density at radius 3 is 2.75 bits per heavy atom. The Bertz CT molecular complexity index is 467. The van der Waals surface area contributed by atoms with Crippen molar-refractivity contribution in [1.82, 2.24) is 10.2 Å². The molecular weight excluding hydrogens is 256 g/mol. The van der Waals surface area contributed by atoms with Gasteiger partial charge in [0.15, 0.2) is 0 Å². The lowest BCUT2D eigenvalue weighted by Gasteiger charge is -2.30. The van der Waals surface area contributed by atoms with Crippen LogP contribution >= 0.6 is 0 Å². The third-order valence-electron chi connectivity index (χ3n) is 3.72. The summed E-state index contributed by atoms with van der Waals surface area (Å²) in [6.45, 7) is 6.36. The zero-order valence-electron chi connectivity index (χ0n) is 12.3. The van der Waals surface area contributed by atoms with Crippen molar-refractivity contribution >= 4 is 11.8 Å². The number of hydrogen-bond acceptors (Lipinski definition) is 3. The molecule has 0 spiro atoms. The predicted molar refractivity (Wildman–Crippen MR) is 75.0 cm³/mol. The molecule has 0 radical (unpaired) electrons. The summed E-state index contributed by atoms with van der Waals surface area (Å²) in [5.41, 5.74) is 0. The van der Waals surface area contributed by atoms with E-state index in [-0.39, 0.29) is 23.8 Å². The van der Waals surface area contributed by atoms with Gasteiger partial charge in [-0.3, -0.25) is 9.59 Å². The van der Waals surface area contributed by atoms with Gasteiger partial charge in [0.1, 0.15) is 11.8 Å². The fraction of sp³-hybridized carbons (Fsp3) is 0.600. The van der Waals surface area contributed by atoms with Crippen LogP contribution in [0.1, 0.15) is 33.0 Å². The standard InChI is InChI=1S/C15H22N2O3/c1-10(2)14-15(19)17(7-6-13(18)16-14)11(3)9-12-5-4-8-20-12/h4-5,8,10-11,14H,6-7,9H2,1-3H3,(H,16,18). The van der Waals surface area contributed by atoms with Crippen molar-refractivity contribution in [2.24, 2.45) is 5.92 Å². The lowest BCUT2D eigenvalue weighted by atomic mass is 10.0. The van der Waals surface area contributed by atoms with Gasteiger partial charge in [0.25, 0.3) is 0 Å². The van der Waals surface area contributed by atoms with E-state index < -0.39 is 6.04 Å². The minimum Gasteiger partial charge on any atom is -0.469 e. The van der Waals surface area contributed by atoms with Gasteiger partial charge in [0.05, 0.1) is 6.26 Å². The molecular formula is C15H22N2O3. The summed E-state index contributed by atoms with van der Waals surface area (Å²) in [4.78, 5) is 26.1. The van der Waals surface area contributed by atoms with Crippen molar-refractivity contribution in [3.8, 4) is 0 Å². The molecule has 2 heterocycles. The van der Waals surface area contributed by atoms with Crippen LogP contribution in [0, 0.1) is 5.92 Å². The molecule has 0 aromatic carbocycles. The summed E-state index contributed by atoms with van der Waals surface area (Å²) in [7, 11) is 0. The first-order valence-electron chi connectivity index (χ1n) is 7.11. The molecule has 1 aliphatic rings. The van der Waals surface area contributed by atoms with Crippen molar-refractivity contribution in [3.63, 3.8) is 0 Å². The van der Waals surface area contributed by atoms with Gasteiger partial charge in [-0.1, -0.05) is 13.8 Å². The maximum Gasteiger partial charge on any atom is 0.245 e. The summed E-state index contributed by atoms with van der Waals surface area (Å²) < 4.78 is 5.34. The molecule has 5 heteroatoms. The Morgan fingerprint density at radius 2 is 2.15 bits per heavy atom. The number of hydrogen-bond donors (Lipinski definition) is 1. The fourth-order valence-corrected chi connectivity index (χ4v) is 2.54. The number of amides is 2. The maximum atomic E-state index is 12.6. The number of carbonyl (C=O) groups excluding carboxylic acids is 2. The summed E-state index contributed by atoms with van der Waals surface area (Å²) in [5, 5.41) is 2.82. The van der Waals surface area contributed by atoms with Crippen LogP contribution in [0.5, 0.6) is 0 Å². The summed E-state index contributed by atoms with van der Waals surface area (Å²) in [5.74, 6) is 0.896. The van der Waals surface area contributed by atoms with Crippen LogP contribution in [0.3, 0.4) is 0 Å². The van der Waals surface area contributed by atoms with Crippen LogP contribution < -0.4 is 5.32 Å². The van der Waals surface area contributed by atoms with Crippen LogP contribution in [0.4, 0.5) is 0 Å². The van der Waals surface area contributed by atoms with Gasteiger partial charge in [-0.05, 0) is 25.0 Å². The van der Waals surface area contributed by atoms with E-state index in [1.54, 1.807) is 11.2 Å². The zero-order chi connectivity index (χ0) is 14.7. The fourth-order valence-electron chi connectivity index (χ4n) is 2.54. The van der Waals surface area contributed by atoms with Crippen molar-refractivity contribution < 1.29 is 14.0 Å². The molecule has 0 bridgehead atoms. The van der Waals surface area contributed by atoms with Crippen molar-refractivity contribution in [3.05, 3.63) is 24.2 Å². The Morgan fingerprint density at radius 1 is 1.40 bits per heavy atom. The molecule has 1 aliphatic heterocycles. The molecule has 2 unspecified atom stereocenters. The largest absolute Gasteiger partial charge is 0.469 e. The average molecular weight is 278 g/mol. The molecule has 1 aromatic rings. The predicted octanol–water partition coefficient (Wildman–Crippen LogP) is 1.58. The highest BCUT2D eigenvalue weighted by Crippen LogP contribution is 2.16. The molecule has 0 aliphatic carbocycles. The second-order valence-corrected chi connectivity index (χ2v) is 5.70. The quantitative estimate of drug-likeness (QED) is 0.909. The van der Waals surface area contributed by atoms with E-state index in [0.717, 1.165) is 5.76 Å². The minimum absolute atomic E-state index is 0.00454. The second-order valence-electron chi connectivity index (χ2n) is 5.70. The molecule has 2 atom stereocenters. The average Bonchev–Trinajstić information content (AvgIpc) is 2.82. The summed E-state index contributed by atoms with van der Waals surface area (Å²) in [6.07, 6.45) is 2.66. The van der Waals surface area contributed by atoms with Crippen LogP contribution in [0.2, 0.25) is 0 Å². The van der Waals surface area contributed by atoms with E-state index in [2.05, 4.69) is 5.32 Å². The Balaban J connectivity index is 2.12. The highest BCUT2D eigenvalue weighted by Gasteiger charge is 2.34. The molecule has 2 amide bonds. The van der Waals surface area contributed by atoms with Gasteiger partial charge in [0, 0.05) is 25.4 Å². The van der Waals surface area contributed by atoms with Crippen LogP contribution in [-0.4, -0.2) is 35.3 Å². The first kappa shape index (κ1) is 14.6. The maximum absolute atomic E-state index is 12.6. The molecule has 1 fully saturated rings. The van der Waals surface area contributed by atoms with Crippen LogP contribution in [-0.2, 0) is 16.0 Å². The third-order valence-corrected chi connectivity index (χ3v) is 3.72. The molecule has 110 valence electrons. The van der Waals surface area contributed by atoms with E-state index in [1.165, 1.54) is 0 Å². The summed E-state index contributed by atoms with van der Waals surface area (Å²) >= 11 is 0. The molecule has 0 saturated carbocycles. The second kappa shape index (κ2) is 6.11. The van der Waals surface area contributed by atoms with E-state index >= 15 is 0 Å². The summed E-state index contributed by atoms with van der Waals surface area (Å²) in [6, 6.07) is 3.34. The number of rotatable bonds is 4. The van der Waals surface area contributed by atoms with Gasteiger partial charge in [-0.2, -0.15) is 0 Å². The number of carbonyl (C=O) groups is 2. The van der Waals surface area contributed by atoms with E-state index in [9.17, 15) is 9.59 Å². The molecule has 2 rings (SSSR count). The monoisotopic (exact) mass is 278 g/mol. The lowest BCUT2D eigenvalue weighted by Crippen LogP contribution is -2.50. The molecule has 1 N–H and O–H groups in total. The smallest absolute Gasteiger partial charge is 0.245 e. The molecule has 20 heavy (non-hydrogen) atoms. The molecule has 1 aromatic heterocycles.